The number of hydrogen-bond acceptors (Lipinski definition) is 0. The molecule has 0 spiro atoms. The van der Waals surface area contributed by atoms with Gasteiger partial charge in [-0.15, -0.1) is 0 Å². The fourth-order valence-corrected chi connectivity index (χ4v) is 10.6. The van der Waals surface area contributed by atoms with Crippen molar-refractivity contribution < 1.29 is 48.0 Å². The van der Waals surface area contributed by atoms with E-state index in [4.69, 9.17) is 0 Å². The van der Waals surface area contributed by atoms with Crippen molar-refractivity contribution in [1.29, 1.82) is 0 Å². The number of rotatable bonds is 2. The summed E-state index contributed by atoms with van der Waals surface area (Å²) < 4.78 is 3.62. The van der Waals surface area contributed by atoms with Crippen LogP contribution < -0.4 is 24.8 Å². The molecule has 1 saturated heterocycles. The zero-order valence-electron chi connectivity index (χ0n) is 21.1. The van der Waals surface area contributed by atoms with Gasteiger partial charge in [0.25, 0.3) is 0 Å². The first-order valence-electron chi connectivity index (χ1n) is 11.5. The summed E-state index contributed by atoms with van der Waals surface area (Å²) in [5.41, 5.74) is 6.97. The van der Waals surface area contributed by atoms with E-state index in [9.17, 15) is 0 Å². The Bertz CT molecular complexity index is 647. The van der Waals surface area contributed by atoms with Gasteiger partial charge in [-0.1, -0.05) is 24.9 Å². The van der Waals surface area contributed by atoms with E-state index in [1.807, 2.05) is 6.56 Å². The van der Waals surface area contributed by atoms with Crippen molar-refractivity contribution in [3.8, 4) is 0 Å². The van der Waals surface area contributed by atoms with Gasteiger partial charge in [0.2, 0.25) is 0 Å². The van der Waals surface area contributed by atoms with Crippen LogP contribution in [0.2, 0.25) is 12.1 Å². The molecule has 1 fully saturated rings. The summed E-state index contributed by atoms with van der Waals surface area (Å²) in [7, 11) is 0.543. The average molecular weight is 547 g/mol. The second-order valence-electron chi connectivity index (χ2n) is 11.2. The quantitative estimate of drug-likeness (QED) is 0.463. The van der Waals surface area contributed by atoms with Crippen LogP contribution in [-0.2, 0) is 23.2 Å². The number of halogens is 2. The van der Waals surface area contributed by atoms with Crippen LogP contribution in [0, 0.1) is 22.7 Å². The Labute approximate surface area is 214 Å². The van der Waals surface area contributed by atoms with Crippen molar-refractivity contribution in [3.63, 3.8) is 0 Å². The van der Waals surface area contributed by atoms with Crippen molar-refractivity contribution in [2.24, 2.45) is 22.7 Å². The van der Waals surface area contributed by atoms with Crippen LogP contribution in [-0.4, -0.2) is 9.52 Å². The first kappa shape index (κ1) is 30.6. The maximum atomic E-state index is 2.54. The molecule has 0 radical (unpaired) electrons. The molecule has 3 rings (SSSR count). The van der Waals surface area contributed by atoms with Gasteiger partial charge in [0.05, 0.1) is 0 Å². The zero-order chi connectivity index (χ0) is 21.3. The van der Waals surface area contributed by atoms with Crippen molar-refractivity contribution in [1.82, 2.24) is 0 Å². The third-order valence-corrected chi connectivity index (χ3v) is 13.9. The first-order valence-corrected chi connectivity index (χ1v) is 15.9. The molecule has 0 saturated carbocycles. The monoisotopic (exact) mass is 544 g/mol. The summed E-state index contributed by atoms with van der Waals surface area (Å²) in [5.74, 6) is 1.31. The summed E-state index contributed by atoms with van der Waals surface area (Å²) in [6.45, 7) is 23.7. The van der Waals surface area contributed by atoms with Gasteiger partial charge in [-0.2, -0.15) is 0 Å². The van der Waals surface area contributed by atoms with Crippen molar-refractivity contribution >= 4 is 9.52 Å². The summed E-state index contributed by atoms with van der Waals surface area (Å²) in [6, 6.07) is 3.28. The van der Waals surface area contributed by atoms with Crippen molar-refractivity contribution in [2.75, 3.05) is 0 Å². The Hall–Kier alpha value is 0.640. The van der Waals surface area contributed by atoms with Crippen LogP contribution in [0.15, 0.2) is 41.0 Å². The van der Waals surface area contributed by atoms with Gasteiger partial charge in [0.1, 0.15) is 0 Å². The molecule has 4 heteroatoms. The van der Waals surface area contributed by atoms with Gasteiger partial charge in [0, 0.05) is 9.52 Å². The van der Waals surface area contributed by atoms with Crippen LogP contribution in [0.4, 0.5) is 0 Å². The van der Waals surface area contributed by atoms with Crippen LogP contribution in [0.1, 0.15) is 82.1 Å². The van der Waals surface area contributed by atoms with E-state index in [-0.39, 0.29) is 35.6 Å². The summed E-state index contributed by atoms with van der Waals surface area (Å²) >= 11 is -0.685. The largest absolute Gasteiger partial charge is 1.00 e. The van der Waals surface area contributed by atoms with Crippen molar-refractivity contribution in [2.45, 2.75) is 94.2 Å². The second kappa shape index (κ2) is 12.2. The Morgan fingerprint density at radius 1 is 0.733 bits per heavy atom. The molecule has 1 heterocycles. The molecule has 0 N–H and O–H groups in total. The molecule has 0 bridgehead atoms. The molecule has 2 aliphatic carbocycles. The minimum atomic E-state index is -0.685. The Kier molecular flexibility index (Phi) is 12.5. The van der Waals surface area contributed by atoms with E-state index in [1.165, 1.54) is 0 Å². The molecular weight excluding hydrogens is 503 g/mol. The summed E-state index contributed by atoms with van der Waals surface area (Å²) in [6.07, 6.45) is 8.21. The van der Waals surface area contributed by atoms with Crippen LogP contribution >= 0.6 is 0 Å². The predicted molar refractivity (Wildman–Crippen MR) is 126 cm³/mol. The second-order valence-corrected chi connectivity index (χ2v) is 16.6. The Balaban J connectivity index is 0.00000105. The minimum Gasteiger partial charge on any atom is -1.00 e. The molecule has 0 aromatic rings. The van der Waals surface area contributed by atoms with Gasteiger partial charge in [-0.3, -0.25) is 0 Å². The van der Waals surface area contributed by atoms with Crippen LogP contribution in [0.3, 0.4) is 0 Å². The molecule has 170 valence electrons. The first-order chi connectivity index (χ1) is 12.8. The topological polar surface area (TPSA) is 0 Å². The Morgan fingerprint density at radius 2 is 1.07 bits per heavy atom. The maximum Gasteiger partial charge on any atom is -1.00 e. The van der Waals surface area contributed by atoms with E-state index in [0.717, 1.165) is 0 Å². The fourth-order valence-electron chi connectivity index (χ4n) is 4.96. The smallest absolute Gasteiger partial charge is 1.00 e. The van der Waals surface area contributed by atoms with Gasteiger partial charge < -0.3 is 24.8 Å². The third kappa shape index (κ3) is 7.60. The zero-order valence-corrected chi connectivity index (χ0v) is 26.5. The van der Waals surface area contributed by atoms with Gasteiger partial charge in [-0.25, -0.2) is 0 Å². The van der Waals surface area contributed by atoms with E-state index in [1.54, 1.807) is 47.2 Å². The molecule has 2 unspecified atom stereocenters. The van der Waals surface area contributed by atoms with E-state index in [0.29, 0.717) is 21.4 Å². The van der Waals surface area contributed by atoms with Gasteiger partial charge in [-0.05, 0) is 0 Å². The van der Waals surface area contributed by atoms with E-state index >= 15 is 0 Å². The van der Waals surface area contributed by atoms with E-state index in [2.05, 4.69) is 81.4 Å². The SMILES string of the molecule is C1CC[SiH2]C1.CC1=[C]([Zr+2][C]2=C(C)C(C(C)(C)C)=CC2C)C(C)C=C1C(C)(C)C.[Cl-].[Cl-]. The van der Waals surface area contributed by atoms with Gasteiger partial charge >= 0.3 is 156 Å². The molecular formula is C26H44Cl2SiZr. The Morgan fingerprint density at radius 3 is 1.27 bits per heavy atom. The van der Waals surface area contributed by atoms with Gasteiger partial charge in [0.15, 0.2) is 0 Å². The van der Waals surface area contributed by atoms with Crippen LogP contribution in [0.5, 0.6) is 0 Å². The fraction of sp³-hybridized carbons (Fsp3) is 0.692. The molecule has 3 aliphatic rings. The summed E-state index contributed by atoms with van der Waals surface area (Å²) in [5, 5.41) is 0. The average Bonchev–Trinajstić information content (AvgIpc) is 3.27. The van der Waals surface area contributed by atoms with E-state index < -0.39 is 23.2 Å². The molecule has 0 amide bonds. The minimum absolute atomic E-state index is 0. The normalized spacial score (nSPS) is 23.8. The molecule has 0 aromatic heterocycles. The number of allylic oxidation sites excluding steroid dienone is 8. The number of hydrogen-bond donors (Lipinski definition) is 0. The third-order valence-electron chi connectivity index (χ3n) is 6.50. The van der Waals surface area contributed by atoms with Crippen molar-refractivity contribution in [3.05, 3.63) is 41.0 Å². The molecule has 1 aliphatic heterocycles. The molecule has 0 aromatic carbocycles. The molecule has 30 heavy (non-hydrogen) atoms. The standard InChI is InChI=1S/2C11H17.C4H10Si.2ClH.Zr/c2*1-8-6-9(2)10(7-8)11(3,4)5;1-2-4-5-3-1;;;/h2*7-8H,1-5H3;1-5H2;2*1H;/q;;;;;+2/p-2. The summed E-state index contributed by atoms with van der Waals surface area (Å²) in [4.78, 5) is 0. The maximum absolute atomic E-state index is 2.54. The molecule has 0 nitrogen and oxygen atoms in total. The van der Waals surface area contributed by atoms with Crippen LogP contribution in [0.25, 0.3) is 0 Å². The molecule has 2 atom stereocenters. The predicted octanol–water partition coefficient (Wildman–Crippen LogP) is 1.65.